The van der Waals surface area contributed by atoms with Crippen LogP contribution in [-0.4, -0.2) is 11.4 Å². The fourth-order valence-corrected chi connectivity index (χ4v) is 3.10. The van der Waals surface area contributed by atoms with Gasteiger partial charge in [-0.05, 0) is 49.9 Å². The lowest BCUT2D eigenvalue weighted by molar-refractivity contribution is 0.0987. The molecule has 0 aromatic heterocycles. The molecule has 0 aliphatic carbocycles. The van der Waals surface area contributed by atoms with Crippen molar-refractivity contribution in [1.29, 1.82) is 0 Å². The highest BCUT2D eigenvalue weighted by Gasteiger charge is 2.19. The number of rotatable bonds is 4. The standard InChI is InChI=1S/C18H20OP/c1-12-9-13(2)17(14(3)10-12)18(19)16(20)11-15-7-5-4-6-8-15/h5-10,16H,11,20H2,1-3H3. The Morgan fingerprint density at radius 2 is 1.70 bits per heavy atom. The van der Waals surface area contributed by atoms with Gasteiger partial charge in [-0.15, -0.1) is 9.24 Å². The molecule has 2 rings (SSSR count). The lowest BCUT2D eigenvalue weighted by Gasteiger charge is -2.15. The van der Waals surface area contributed by atoms with Crippen molar-refractivity contribution in [2.75, 3.05) is 0 Å². The predicted molar refractivity (Wildman–Crippen MR) is 87.5 cm³/mol. The average molecular weight is 283 g/mol. The Morgan fingerprint density at radius 1 is 1.15 bits per heavy atom. The number of ketones is 1. The van der Waals surface area contributed by atoms with Gasteiger partial charge >= 0.3 is 0 Å². The molecular formula is C18H20OP. The molecule has 20 heavy (non-hydrogen) atoms. The second-order valence-electron chi connectivity index (χ2n) is 5.36. The smallest absolute Gasteiger partial charge is 0.170 e. The molecule has 0 aliphatic heterocycles. The second-order valence-corrected chi connectivity index (χ2v) is 6.16. The lowest BCUT2D eigenvalue weighted by Crippen LogP contribution is -2.19. The molecule has 0 amide bonds. The van der Waals surface area contributed by atoms with Crippen molar-refractivity contribution in [1.82, 2.24) is 0 Å². The van der Waals surface area contributed by atoms with Crippen LogP contribution >= 0.6 is 9.24 Å². The number of hydrogen-bond acceptors (Lipinski definition) is 1. The van der Waals surface area contributed by atoms with Crippen molar-refractivity contribution in [3.63, 3.8) is 0 Å². The monoisotopic (exact) mass is 283 g/mol. The molecule has 0 fully saturated rings. The van der Waals surface area contributed by atoms with E-state index in [1.54, 1.807) is 0 Å². The van der Waals surface area contributed by atoms with Crippen LogP contribution < -0.4 is 0 Å². The fraction of sp³-hybridized carbons (Fsp3) is 0.278. The minimum atomic E-state index is -0.0856. The maximum Gasteiger partial charge on any atom is 0.170 e. The Hall–Kier alpha value is -1.46. The van der Waals surface area contributed by atoms with Crippen LogP contribution in [0, 0.1) is 26.8 Å². The zero-order chi connectivity index (χ0) is 14.7. The van der Waals surface area contributed by atoms with E-state index in [0.717, 1.165) is 23.1 Å². The number of carbonyl (C=O) groups excluding carboxylic acids is 1. The fourth-order valence-electron chi connectivity index (χ4n) is 2.66. The van der Waals surface area contributed by atoms with Gasteiger partial charge in [-0.25, -0.2) is 0 Å². The number of Topliss-reactive ketones (excluding diaryl/α,β-unsaturated/α-hetero) is 1. The van der Waals surface area contributed by atoms with Gasteiger partial charge in [0.05, 0.1) is 0 Å². The largest absolute Gasteiger partial charge is 0.293 e. The van der Waals surface area contributed by atoms with E-state index in [4.69, 9.17) is 0 Å². The predicted octanol–water partition coefficient (Wildman–Crippen LogP) is 4.08. The van der Waals surface area contributed by atoms with Gasteiger partial charge in [0.15, 0.2) is 5.78 Å². The molecule has 1 nitrogen and oxygen atoms in total. The van der Waals surface area contributed by atoms with Crippen molar-refractivity contribution < 1.29 is 4.79 Å². The SMILES string of the molecule is Cc1cc(C)c(C(=O)C(P)Cc2cc[c]cc2)c(C)c1. The van der Waals surface area contributed by atoms with E-state index >= 15 is 0 Å². The van der Waals surface area contributed by atoms with Crippen LogP contribution in [0.25, 0.3) is 0 Å². The summed E-state index contributed by atoms with van der Waals surface area (Å²) < 4.78 is 0. The highest BCUT2D eigenvalue weighted by molar-refractivity contribution is 7.19. The summed E-state index contributed by atoms with van der Waals surface area (Å²) in [4.78, 5) is 12.7. The van der Waals surface area contributed by atoms with E-state index in [0.29, 0.717) is 0 Å². The third-order valence-corrected chi connectivity index (χ3v) is 4.04. The van der Waals surface area contributed by atoms with Crippen molar-refractivity contribution >= 4 is 15.0 Å². The van der Waals surface area contributed by atoms with Crippen LogP contribution in [0.1, 0.15) is 32.6 Å². The molecule has 2 aromatic carbocycles. The molecule has 0 saturated carbocycles. The molecule has 0 heterocycles. The van der Waals surface area contributed by atoms with E-state index in [1.165, 1.54) is 11.1 Å². The Labute approximate surface area is 123 Å². The van der Waals surface area contributed by atoms with E-state index in [1.807, 2.05) is 38.1 Å². The van der Waals surface area contributed by atoms with Crippen LogP contribution in [0.5, 0.6) is 0 Å². The highest BCUT2D eigenvalue weighted by Crippen LogP contribution is 2.22. The van der Waals surface area contributed by atoms with Gasteiger partial charge < -0.3 is 0 Å². The van der Waals surface area contributed by atoms with Gasteiger partial charge in [0.1, 0.15) is 0 Å². The van der Waals surface area contributed by atoms with Crippen molar-refractivity contribution in [2.24, 2.45) is 0 Å². The summed E-state index contributed by atoms with van der Waals surface area (Å²) in [7, 11) is 2.69. The first-order chi connectivity index (χ1) is 9.49. The Morgan fingerprint density at radius 3 is 2.25 bits per heavy atom. The van der Waals surface area contributed by atoms with Gasteiger partial charge in [0, 0.05) is 11.2 Å². The van der Waals surface area contributed by atoms with Crippen LogP contribution in [0.4, 0.5) is 0 Å². The first-order valence-corrected chi connectivity index (χ1v) is 7.48. The molecule has 0 aliphatic rings. The number of hydrogen-bond donors (Lipinski definition) is 0. The number of carbonyl (C=O) groups is 1. The molecule has 2 atom stereocenters. The maximum atomic E-state index is 12.7. The average Bonchev–Trinajstić information content (AvgIpc) is 2.38. The second kappa shape index (κ2) is 6.33. The van der Waals surface area contributed by atoms with Gasteiger partial charge in [-0.2, -0.15) is 0 Å². The van der Waals surface area contributed by atoms with Crippen molar-refractivity contribution in [2.45, 2.75) is 32.9 Å². The first-order valence-electron chi connectivity index (χ1n) is 6.81. The summed E-state index contributed by atoms with van der Waals surface area (Å²) in [6, 6.07) is 15.0. The summed E-state index contributed by atoms with van der Waals surface area (Å²) in [6.07, 6.45) is 0.741. The van der Waals surface area contributed by atoms with Crippen LogP contribution in [0.2, 0.25) is 0 Å². The first kappa shape index (κ1) is 14.9. The molecular weight excluding hydrogens is 263 g/mol. The molecule has 0 spiro atoms. The molecule has 1 radical (unpaired) electrons. The quantitative estimate of drug-likeness (QED) is 0.610. The lowest BCUT2D eigenvalue weighted by atomic mass is 9.93. The molecule has 0 N–H and O–H groups in total. The van der Waals surface area contributed by atoms with Crippen LogP contribution in [0.3, 0.4) is 0 Å². The summed E-state index contributed by atoms with van der Waals surface area (Å²) in [6.45, 7) is 6.09. The third kappa shape index (κ3) is 3.35. The topological polar surface area (TPSA) is 17.1 Å². The molecule has 0 bridgehead atoms. The Kier molecular flexibility index (Phi) is 4.73. The van der Waals surface area contributed by atoms with Crippen molar-refractivity contribution in [3.05, 3.63) is 70.3 Å². The summed E-state index contributed by atoms with van der Waals surface area (Å²) in [5.41, 5.74) is 5.30. The molecule has 2 unspecified atom stereocenters. The zero-order valence-corrected chi connectivity index (χ0v) is 13.4. The highest BCUT2D eigenvalue weighted by atomic mass is 31.0. The summed E-state index contributed by atoms with van der Waals surface area (Å²) in [5.74, 6) is 0.206. The molecule has 0 saturated heterocycles. The number of benzene rings is 2. The van der Waals surface area contributed by atoms with Gasteiger partial charge in [-0.1, -0.05) is 42.0 Å². The summed E-state index contributed by atoms with van der Waals surface area (Å²) >= 11 is 0. The van der Waals surface area contributed by atoms with Crippen LogP contribution in [0.15, 0.2) is 36.4 Å². The third-order valence-electron chi connectivity index (χ3n) is 3.50. The molecule has 2 heteroatoms. The van der Waals surface area contributed by atoms with Crippen LogP contribution in [-0.2, 0) is 6.42 Å². The molecule has 103 valence electrons. The van der Waals surface area contributed by atoms with E-state index < -0.39 is 0 Å². The minimum absolute atomic E-state index is 0.0856. The number of aryl methyl sites for hydroxylation is 3. The summed E-state index contributed by atoms with van der Waals surface area (Å²) in [5, 5.41) is 0. The van der Waals surface area contributed by atoms with Gasteiger partial charge in [-0.3, -0.25) is 4.79 Å². The van der Waals surface area contributed by atoms with Crippen molar-refractivity contribution in [3.8, 4) is 0 Å². The normalized spacial score (nSPS) is 12.2. The Balaban J connectivity index is 2.23. The molecule has 2 aromatic rings. The minimum Gasteiger partial charge on any atom is -0.293 e. The Bertz CT molecular complexity index is 594. The maximum absolute atomic E-state index is 12.7. The van der Waals surface area contributed by atoms with E-state index in [-0.39, 0.29) is 11.4 Å². The van der Waals surface area contributed by atoms with Gasteiger partial charge in [0.2, 0.25) is 0 Å². The van der Waals surface area contributed by atoms with E-state index in [2.05, 4.69) is 34.4 Å². The zero-order valence-electron chi connectivity index (χ0n) is 12.2. The van der Waals surface area contributed by atoms with E-state index in [9.17, 15) is 4.79 Å². The van der Waals surface area contributed by atoms with Gasteiger partial charge in [0.25, 0.3) is 0 Å².